The van der Waals surface area contributed by atoms with E-state index in [-0.39, 0.29) is 10.8 Å². The quantitative estimate of drug-likeness (QED) is 0.810. The Balaban J connectivity index is 1.62. The molecule has 0 atom stereocenters. The summed E-state index contributed by atoms with van der Waals surface area (Å²) in [6.45, 7) is 2.08. The van der Waals surface area contributed by atoms with Gasteiger partial charge >= 0.3 is 0 Å². The maximum absolute atomic E-state index is 12.8. The van der Waals surface area contributed by atoms with E-state index in [0.717, 1.165) is 11.3 Å². The predicted molar refractivity (Wildman–Crippen MR) is 95.6 cm³/mol. The summed E-state index contributed by atoms with van der Waals surface area (Å²) < 4.78 is 32.3. The number of carbonyl (C=O) groups is 1. The number of hydrogen-bond acceptors (Lipinski definition) is 5. The molecule has 4 rings (SSSR count). The van der Waals surface area contributed by atoms with E-state index in [1.54, 1.807) is 47.5 Å². The van der Waals surface area contributed by atoms with Crippen molar-refractivity contribution >= 4 is 21.6 Å². The van der Waals surface area contributed by atoms with Crippen LogP contribution in [0.5, 0.6) is 0 Å². The lowest BCUT2D eigenvalue weighted by Gasteiger charge is -2.26. The van der Waals surface area contributed by atoms with E-state index in [2.05, 4.69) is 4.98 Å². The first-order chi connectivity index (χ1) is 12.6. The number of benzene rings is 1. The van der Waals surface area contributed by atoms with Crippen LogP contribution in [0, 0.1) is 0 Å². The first kappa shape index (κ1) is 17.1. The highest BCUT2D eigenvalue weighted by Crippen LogP contribution is 2.32. The van der Waals surface area contributed by atoms with Gasteiger partial charge in [-0.25, -0.2) is 8.42 Å². The third-order valence-corrected chi connectivity index (χ3v) is 6.58. The number of morpholine rings is 1. The van der Waals surface area contributed by atoms with Crippen LogP contribution in [0.25, 0.3) is 0 Å². The van der Waals surface area contributed by atoms with Crippen LogP contribution in [0.3, 0.4) is 0 Å². The van der Waals surface area contributed by atoms with Gasteiger partial charge in [-0.2, -0.15) is 4.31 Å². The normalized spacial score (nSPS) is 17.9. The Hall–Kier alpha value is -2.29. The van der Waals surface area contributed by atoms with Crippen molar-refractivity contribution in [3.05, 3.63) is 53.9 Å². The molecule has 7 nitrogen and oxygen atoms in total. The molecule has 0 radical (unpaired) electrons. The first-order valence-corrected chi connectivity index (χ1v) is 9.95. The van der Waals surface area contributed by atoms with E-state index in [0.29, 0.717) is 45.0 Å². The van der Waals surface area contributed by atoms with E-state index >= 15 is 0 Å². The molecule has 1 aromatic carbocycles. The van der Waals surface area contributed by atoms with Crippen molar-refractivity contribution in [3.8, 4) is 0 Å². The van der Waals surface area contributed by atoms with Gasteiger partial charge in [-0.1, -0.05) is 6.07 Å². The van der Waals surface area contributed by atoms with Crippen molar-refractivity contribution in [2.75, 3.05) is 37.7 Å². The second-order valence-electron chi connectivity index (χ2n) is 6.23. The highest BCUT2D eigenvalue weighted by atomic mass is 32.2. The number of nitrogens with zero attached hydrogens (tertiary/aromatic N) is 3. The van der Waals surface area contributed by atoms with Crippen molar-refractivity contribution < 1.29 is 17.9 Å². The average Bonchev–Trinajstić information content (AvgIpc) is 3.12. The molecule has 136 valence electrons. The number of fused-ring (bicyclic) bond motifs is 1. The van der Waals surface area contributed by atoms with Gasteiger partial charge in [0, 0.05) is 31.5 Å². The molecule has 0 N–H and O–H groups in total. The Kier molecular flexibility index (Phi) is 4.47. The van der Waals surface area contributed by atoms with Gasteiger partial charge in [0.05, 0.1) is 18.1 Å². The van der Waals surface area contributed by atoms with Crippen molar-refractivity contribution in [3.63, 3.8) is 0 Å². The van der Waals surface area contributed by atoms with Crippen molar-refractivity contribution in [1.29, 1.82) is 0 Å². The molecule has 1 fully saturated rings. The lowest BCUT2D eigenvalue weighted by atomic mass is 10.2. The van der Waals surface area contributed by atoms with Crippen LogP contribution in [0.2, 0.25) is 0 Å². The average molecular weight is 373 g/mol. The molecule has 0 aliphatic carbocycles. The van der Waals surface area contributed by atoms with Gasteiger partial charge in [0.25, 0.3) is 5.91 Å². The van der Waals surface area contributed by atoms with E-state index in [9.17, 15) is 13.2 Å². The summed E-state index contributed by atoms with van der Waals surface area (Å²) >= 11 is 0. The summed E-state index contributed by atoms with van der Waals surface area (Å²) in [5, 5.41) is 0. The Morgan fingerprint density at radius 2 is 1.88 bits per heavy atom. The zero-order chi connectivity index (χ0) is 18.1. The zero-order valence-corrected chi connectivity index (χ0v) is 15.0. The number of rotatable bonds is 3. The Morgan fingerprint density at radius 3 is 2.62 bits per heavy atom. The van der Waals surface area contributed by atoms with E-state index in [1.165, 1.54) is 4.31 Å². The van der Waals surface area contributed by atoms with Gasteiger partial charge in [-0.3, -0.25) is 9.78 Å². The van der Waals surface area contributed by atoms with Crippen molar-refractivity contribution in [2.24, 2.45) is 0 Å². The molecule has 0 bridgehead atoms. The minimum absolute atomic E-state index is 0.173. The van der Waals surface area contributed by atoms with Gasteiger partial charge in [0.2, 0.25) is 10.0 Å². The standard InChI is InChI=1S/C18H19N3O4S/c22-18(16-3-1-2-7-19-16)21-8-6-14-13-15(4-5-17(14)21)26(23,24)20-9-11-25-12-10-20/h1-5,7,13H,6,8-12H2. The fraction of sp³-hybridized carbons (Fsp3) is 0.333. The molecular weight excluding hydrogens is 354 g/mol. The molecule has 2 aliphatic heterocycles. The lowest BCUT2D eigenvalue weighted by Crippen LogP contribution is -2.40. The molecule has 2 aliphatic rings. The van der Waals surface area contributed by atoms with Crippen molar-refractivity contribution in [1.82, 2.24) is 9.29 Å². The number of amides is 1. The summed E-state index contributed by atoms with van der Waals surface area (Å²) in [5.41, 5.74) is 2.00. The summed E-state index contributed by atoms with van der Waals surface area (Å²) in [6, 6.07) is 10.2. The van der Waals surface area contributed by atoms with Crippen molar-refractivity contribution in [2.45, 2.75) is 11.3 Å². The molecule has 2 aromatic rings. The molecular formula is C18H19N3O4S. The molecule has 3 heterocycles. The Bertz CT molecular complexity index is 925. The maximum atomic E-state index is 12.8. The third kappa shape index (κ3) is 3.00. The fourth-order valence-corrected chi connectivity index (χ4v) is 4.77. The SMILES string of the molecule is O=C(c1ccccn1)N1CCc2cc(S(=O)(=O)N3CCOCC3)ccc21. The molecule has 1 saturated heterocycles. The minimum atomic E-state index is -3.54. The van der Waals surface area contributed by atoms with E-state index in [1.807, 2.05) is 0 Å². The second kappa shape index (κ2) is 6.79. The molecule has 1 aromatic heterocycles. The number of pyridine rings is 1. The number of hydrogen-bond donors (Lipinski definition) is 0. The van der Waals surface area contributed by atoms with Gasteiger partial charge in [0.15, 0.2) is 0 Å². The first-order valence-electron chi connectivity index (χ1n) is 8.51. The molecule has 1 amide bonds. The molecule has 8 heteroatoms. The minimum Gasteiger partial charge on any atom is -0.379 e. The van der Waals surface area contributed by atoms with Crippen LogP contribution in [-0.4, -0.2) is 56.5 Å². The predicted octanol–water partition coefficient (Wildman–Crippen LogP) is 1.31. The topological polar surface area (TPSA) is 79.8 Å². The van der Waals surface area contributed by atoms with Gasteiger partial charge in [-0.15, -0.1) is 0 Å². The van der Waals surface area contributed by atoms with Crippen LogP contribution >= 0.6 is 0 Å². The maximum Gasteiger partial charge on any atom is 0.276 e. The monoisotopic (exact) mass is 373 g/mol. The number of aromatic nitrogens is 1. The summed E-state index contributed by atoms with van der Waals surface area (Å²) in [7, 11) is -3.54. The van der Waals surface area contributed by atoms with Crippen LogP contribution in [0.15, 0.2) is 47.5 Å². The second-order valence-corrected chi connectivity index (χ2v) is 8.17. The fourth-order valence-electron chi connectivity index (χ4n) is 3.31. The van der Waals surface area contributed by atoms with E-state index < -0.39 is 10.0 Å². The highest BCUT2D eigenvalue weighted by Gasteiger charge is 2.30. The van der Waals surface area contributed by atoms with Gasteiger partial charge in [-0.05, 0) is 42.3 Å². The number of sulfonamides is 1. The Morgan fingerprint density at radius 1 is 1.08 bits per heavy atom. The largest absolute Gasteiger partial charge is 0.379 e. The summed E-state index contributed by atoms with van der Waals surface area (Å²) in [6.07, 6.45) is 2.21. The number of carbonyl (C=O) groups excluding carboxylic acids is 1. The third-order valence-electron chi connectivity index (χ3n) is 4.68. The van der Waals surface area contributed by atoms with Crippen LogP contribution in [0.4, 0.5) is 5.69 Å². The van der Waals surface area contributed by atoms with E-state index in [4.69, 9.17) is 4.74 Å². The van der Waals surface area contributed by atoms with Crippen LogP contribution < -0.4 is 4.90 Å². The highest BCUT2D eigenvalue weighted by molar-refractivity contribution is 7.89. The van der Waals surface area contributed by atoms with Crippen LogP contribution in [-0.2, 0) is 21.2 Å². The van der Waals surface area contributed by atoms with Gasteiger partial charge in [0.1, 0.15) is 5.69 Å². The zero-order valence-electron chi connectivity index (χ0n) is 14.2. The van der Waals surface area contributed by atoms with Crippen LogP contribution in [0.1, 0.15) is 16.1 Å². The summed E-state index contributed by atoms with van der Waals surface area (Å²) in [5.74, 6) is -0.173. The number of ether oxygens (including phenoxy) is 1. The molecule has 0 saturated carbocycles. The van der Waals surface area contributed by atoms with Gasteiger partial charge < -0.3 is 9.64 Å². The summed E-state index contributed by atoms with van der Waals surface area (Å²) in [4.78, 5) is 18.7. The smallest absolute Gasteiger partial charge is 0.276 e. The number of anilines is 1. The molecule has 0 unspecified atom stereocenters. The molecule has 26 heavy (non-hydrogen) atoms. The lowest BCUT2D eigenvalue weighted by molar-refractivity contribution is 0.0730. The molecule has 0 spiro atoms. The Labute approximate surface area is 152 Å².